The van der Waals surface area contributed by atoms with Crippen LogP contribution in [0.2, 0.25) is 0 Å². The molecule has 240 valence electrons. The van der Waals surface area contributed by atoms with E-state index in [2.05, 4.69) is 72.8 Å². The van der Waals surface area contributed by atoms with Gasteiger partial charge in [0.25, 0.3) is 0 Å². The minimum absolute atomic E-state index is 0.238. The molecule has 0 bridgehead atoms. The van der Waals surface area contributed by atoms with E-state index in [-0.39, 0.29) is 5.92 Å². The number of aromatic nitrogens is 3. The molecule has 11 rings (SSSR count). The number of para-hydroxylation sites is 2. The summed E-state index contributed by atoms with van der Waals surface area (Å²) in [5.41, 5.74) is 9.25. The molecule has 6 nitrogen and oxygen atoms in total. The average molecular weight is 658 g/mol. The molecule has 0 spiro atoms. The van der Waals surface area contributed by atoms with Crippen molar-refractivity contribution in [3.63, 3.8) is 0 Å². The number of nitrogens with zero attached hydrogens (tertiary/aromatic N) is 3. The van der Waals surface area contributed by atoms with Crippen LogP contribution in [-0.4, -0.2) is 15.0 Å². The SMILES string of the molecule is C1=CC(c2ccc3c(c2)oc2cc(-c4nc(-c5ccccc5)nc(-c5ccc6c(c5)oc5ccccc56)n4)ccc23)=C2Oc3ccccc3C2C1. The maximum atomic E-state index is 6.55. The predicted octanol–water partition coefficient (Wildman–Crippen LogP) is 11.5. The number of hydrogen-bond donors (Lipinski definition) is 0. The Labute approximate surface area is 292 Å². The zero-order valence-electron chi connectivity index (χ0n) is 27.2. The fraction of sp³-hybridized carbons (Fsp3) is 0.0444. The number of benzene rings is 6. The van der Waals surface area contributed by atoms with Gasteiger partial charge in [0, 0.05) is 55.3 Å². The van der Waals surface area contributed by atoms with E-state index in [4.69, 9.17) is 28.5 Å². The summed E-state index contributed by atoms with van der Waals surface area (Å²) in [5.74, 6) is 3.93. The summed E-state index contributed by atoms with van der Waals surface area (Å²) in [6.45, 7) is 0. The molecule has 6 aromatic carbocycles. The van der Waals surface area contributed by atoms with Crippen molar-refractivity contribution in [3.05, 3.63) is 162 Å². The van der Waals surface area contributed by atoms with Crippen LogP contribution in [0.5, 0.6) is 5.75 Å². The van der Waals surface area contributed by atoms with E-state index in [1.807, 2.05) is 72.8 Å². The second-order valence-electron chi connectivity index (χ2n) is 13.1. The highest BCUT2D eigenvalue weighted by atomic mass is 16.5. The third-order valence-electron chi connectivity index (χ3n) is 10.1. The average Bonchev–Trinajstić information content (AvgIpc) is 3.88. The van der Waals surface area contributed by atoms with Gasteiger partial charge in [-0.2, -0.15) is 0 Å². The third kappa shape index (κ3) is 4.46. The Morgan fingerprint density at radius 1 is 0.471 bits per heavy atom. The molecule has 3 aromatic heterocycles. The highest BCUT2D eigenvalue weighted by Gasteiger charge is 2.33. The van der Waals surface area contributed by atoms with Gasteiger partial charge in [-0.15, -0.1) is 0 Å². The van der Waals surface area contributed by atoms with Crippen LogP contribution in [0.4, 0.5) is 0 Å². The van der Waals surface area contributed by atoms with Crippen LogP contribution in [0.3, 0.4) is 0 Å². The van der Waals surface area contributed by atoms with E-state index in [0.717, 1.165) is 89.6 Å². The molecule has 1 aliphatic heterocycles. The van der Waals surface area contributed by atoms with Gasteiger partial charge in [0.2, 0.25) is 0 Å². The molecule has 0 radical (unpaired) electrons. The van der Waals surface area contributed by atoms with Crippen LogP contribution in [0.25, 0.3) is 83.6 Å². The maximum Gasteiger partial charge on any atom is 0.164 e. The maximum absolute atomic E-state index is 6.55. The van der Waals surface area contributed by atoms with Crippen LogP contribution < -0.4 is 4.74 Å². The van der Waals surface area contributed by atoms with Gasteiger partial charge in [0.1, 0.15) is 33.8 Å². The lowest BCUT2D eigenvalue weighted by atomic mass is 9.87. The Balaban J connectivity index is 1.02. The van der Waals surface area contributed by atoms with E-state index in [9.17, 15) is 0 Å². The van der Waals surface area contributed by atoms with Crippen LogP contribution in [-0.2, 0) is 0 Å². The molecule has 0 saturated heterocycles. The Bertz CT molecular complexity index is 2930. The minimum Gasteiger partial charge on any atom is -0.460 e. The zero-order chi connectivity index (χ0) is 33.5. The van der Waals surface area contributed by atoms with Crippen LogP contribution >= 0.6 is 0 Å². The molecule has 1 unspecified atom stereocenters. The van der Waals surface area contributed by atoms with Gasteiger partial charge >= 0.3 is 0 Å². The topological polar surface area (TPSA) is 74.2 Å². The lowest BCUT2D eigenvalue weighted by Gasteiger charge is -2.17. The summed E-state index contributed by atoms with van der Waals surface area (Å²) >= 11 is 0. The second-order valence-corrected chi connectivity index (χ2v) is 13.1. The summed E-state index contributed by atoms with van der Waals surface area (Å²) in [6, 6.07) is 45.2. The number of rotatable bonds is 4. The Hall–Kier alpha value is -6.79. The molecule has 0 amide bonds. The molecule has 51 heavy (non-hydrogen) atoms. The molecule has 6 heteroatoms. The molecule has 0 fully saturated rings. The van der Waals surface area contributed by atoms with Crippen molar-refractivity contribution in [2.75, 3.05) is 0 Å². The highest BCUT2D eigenvalue weighted by Crippen LogP contribution is 2.48. The van der Waals surface area contributed by atoms with Crippen molar-refractivity contribution in [2.24, 2.45) is 0 Å². The van der Waals surface area contributed by atoms with Gasteiger partial charge in [-0.25, -0.2) is 15.0 Å². The van der Waals surface area contributed by atoms with Crippen LogP contribution in [0, 0.1) is 0 Å². The number of hydrogen-bond acceptors (Lipinski definition) is 6. The summed E-state index contributed by atoms with van der Waals surface area (Å²) in [5, 5.41) is 4.23. The summed E-state index contributed by atoms with van der Waals surface area (Å²) in [6.07, 6.45) is 5.35. The van der Waals surface area contributed by atoms with Crippen molar-refractivity contribution in [2.45, 2.75) is 12.3 Å². The van der Waals surface area contributed by atoms with Crippen molar-refractivity contribution < 1.29 is 13.6 Å². The minimum atomic E-state index is 0.238. The third-order valence-corrected chi connectivity index (χ3v) is 10.1. The van der Waals surface area contributed by atoms with E-state index in [0.29, 0.717) is 17.5 Å². The number of ether oxygens (including phenoxy) is 1. The molecule has 1 aliphatic carbocycles. The van der Waals surface area contributed by atoms with Gasteiger partial charge in [-0.3, -0.25) is 0 Å². The fourth-order valence-electron chi connectivity index (χ4n) is 7.61. The first-order valence-electron chi connectivity index (χ1n) is 17.1. The predicted molar refractivity (Wildman–Crippen MR) is 201 cm³/mol. The summed E-state index contributed by atoms with van der Waals surface area (Å²) in [7, 11) is 0. The first-order valence-corrected chi connectivity index (χ1v) is 17.1. The van der Waals surface area contributed by atoms with Gasteiger partial charge in [-0.05, 0) is 60.5 Å². The second kappa shape index (κ2) is 10.9. The van der Waals surface area contributed by atoms with E-state index in [1.165, 1.54) is 5.56 Å². The summed E-state index contributed by atoms with van der Waals surface area (Å²) < 4.78 is 19.2. The van der Waals surface area contributed by atoms with Crippen molar-refractivity contribution >= 4 is 49.5 Å². The van der Waals surface area contributed by atoms with Crippen molar-refractivity contribution in [1.29, 1.82) is 0 Å². The van der Waals surface area contributed by atoms with Crippen molar-refractivity contribution in [1.82, 2.24) is 15.0 Å². The lowest BCUT2D eigenvalue weighted by Crippen LogP contribution is -2.05. The highest BCUT2D eigenvalue weighted by molar-refractivity contribution is 6.07. The normalized spacial score (nSPS) is 15.2. The standard InChI is InChI=1S/C45H27N3O3/c1-2-9-26(10-3-1)43-46-44(28-18-21-33-31-11-4-6-15-37(31)49-40(33)24-28)48-45(47-43)29-19-22-35-34-20-17-27(23-39(34)50-41(35)25-29)30-13-8-14-36-32-12-5-7-16-38(32)51-42(30)36/h1-13,15-25,36H,14H2. The Morgan fingerprint density at radius 2 is 1.02 bits per heavy atom. The Morgan fingerprint density at radius 3 is 1.75 bits per heavy atom. The molecule has 1 atom stereocenters. The first-order chi connectivity index (χ1) is 25.2. The van der Waals surface area contributed by atoms with Gasteiger partial charge in [-0.1, -0.05) is 97.1 Å². The Kier molecular flexibility index (Phi) is 5.98. The lowest BCUT2D eigenvalue weighted by molar-refractivity contribution is 0.429. The van der Waals surface area contributed by atoms with E-state index < -0.39 is 0 Å². The zero-order valence-corrected chi connectivity index (χ0v) is 27.2. The first kappa shape index (κ1) is 28.1. The number of furan rings is 2. The van der Waals surface area contributed by atoms with Crippen LogP contribution in [0.1, 0.15) is 23.5 Å². The molecule has 0 N–H and O–H groups in total. The van der Waals surface area contributed by atoms with Gasteiger partial charge in [0.05, 0.1) is 0 Å². The largest absolute Gasteiger partial charge is 0.460 e. The molecular weight excluding hydrogens is 631 g/mol. The number of fused-ring (bicyclic) bond motifs is 9. The molecular formula is C45H27N3O3. The monoisotopic (exact) mass is 657 g/mol. The van der Waals surface area contributed by atoms with E-state index in [1.54, 1.807) is 0 Å². The van der Waals surface area contributed by atoms with Crippen LogP contribution in [0.15, 0.2) is 160 Å². The molecule has 2 aliphatic rings. The van der Waals surface area contributed by atoms with Gasteiger partial charge < -0.3 is 13.6 Å². The fourth-order valence-corrected chi connectivity index (χ4v) is 7.61. The quantitative estimate of drug-likeness (QED) is 0.187. The smallest absolute Gasteiger partial charge is 0.164 e. The molecule has 9 aromatic rings. The molecule has 0 saturated carbocycles. The van der Waals surface area contributed by atoms with E-state index >= 15 is 0 Å². The number of allylic oxidation sites excluding steroid dienone is 4. The van der Waals surface area contributed by atoms with Gasteiger partial charge in [0.15, 0.2) is 17.5 Å². The molecule has 4 heterocycles. The summed E-state index contributed by atoms with van der Waals surface area (Å²) in [4.78, 5) is 14.9. The van der Waals surface area contributed by atoms with Crippen molar-refractivity contribution in [3.8, 4) is 39.9 Å².